The summed E-state index contributed by atoms with van der Waals surface area (Å²) in [6.45, 7) is 4.73. The lowest BCUT2D eigenvalue weighted by molar-refractivity contribution is 0.188. The Morgan fingerprint density at radius 1 is 1.35 bits per heavy atom. The first-order valence-electron chi connectivity index (χ1n) is 7.84. The van der Waals surface area contributed by atoms with E-state index in [0.717, 1.165) is 36.6 Å². The Labute approximate surface area is 138 Å². The summed E-state index contributed by atoms with van der Waals surface area (Å²) in [4.78, 5) is 6.67. The molecule has 0 spiro atoms. The number of hydrogen-bond donors (Lipinski definition) is 2. The predicted molar refractivity (Wildman–Crippen MR) is 92.0 cm³/mol. The molecule has 0 saturated carbocycles. The Kier molecular flexibility index (Phi) is 6.01. The quantitative estimate of drug-likeness (QED) is 0.611. The molecule has 23 heavy (non-hydrogen) atoms. The zero-order valence-corrected chi connectivity index (χ0v) is 14.5. The maximum atomic E-state index is 11.3. The van der Waals surface area contributed by atoms with Crippen LogP contribution in [0.25, 0.3) is 0 Å². The number of guanidine groups is 1. The lowest BCUT2D eigenvalue weighted by atomic mass is 10.1. The maximum absolute atomic E-state index is 11.3. The van der Waals surface area contributed by atoms with Crippen LogP contribution in [0, 0.1) is 0 Å². The summed E-state index contributed by atoms with van der Waals surface area (Å²) in [5, 5.41) is 12.9. The van der Waals surface area contributed by atoms with E-state index in [-0.39, 0.29) is 11.9 Å². The largest absolute Gasteiger partial charge is 0.391 e. The Morgan fingerprint density at radius 3 is 2.52 bits per heavy atom. The van der Waals surface area contributed by atoms with E-state index in [1.165, 1.54) is 6.26 Å². The van der Waals surface area contributed by atoms with E-state index in [9.17, 15) is 13.5 Å². The minimum Gasteiger partial charge on any atom is -0.391 e. The highest BCUT2D eigenvalue weighted by Crippen LogP contribution is 2.11. The highest BCUT2D eigenvalue weighted by molar-refractivity contribution is 7.89. The van der Waals surface area contributed by atoms with E-state index < -0.39 is 9.84 Å². The fraction of sp³-hybridized carbons (Fsp3) is 0.562. The number of likely N-dealkylation sites (tertiary alicyclic amines) is 1. The van der Waals surface area contributed by atoms with Crippen LogP contribution in [0.4, 0.5) is 0 Å². The summed E-state index contributed by atoms with van der Waals surface area (Å²) in [7, 11) is -3.01. The van der Waals surface area contributed by atoms with E-state index in [1.807, 2.05) is 31.2 Å². The normalized spacial score (nSPS) is 19.2. The summed E-state index contributed by atoms with van der Waals surface area (Å²) < 4.78 is 22.6. The molecular weight excluding hydrogens is 314 g/mol. The smallest absolute Gasteiger partial charge is 0.194 e. The van der Waals surface area contributed by atoms with E-state index in [4.69, 9.17) is 0 Å². The van der Waals surface area contributed by atoms with E-state index in [2.05, 4.69) is 15.2 Å². The van der Waals surface area contributed by atoms with Crippen molar-refractivity contribution in [2.75, 3.05) is 25.9 Å². The van der Waals surface area contributed by atoms with Crippen LogP contribution in [-0.4, -0.2) is 56.4 Å². The number of β-amino-alcohol motifs (C(OH)–C–C–N with tert-alkyl or cyclic N) is 1. The number of rotatable bonds is 5. The van der Waals surface area contributed by atoms with Gasteiger partial charge in [-0.05, 0) is 24.5 Å². The number of aliphatic hydroxyl groups excluding tert-OH is 1. The van der Waals surface area contributed by atoms with Crippen LogP contribution >= 0.6 is 0 Å². The second-order valence-corrected chi connectivity index (χ2v) is 8.09. The molecule has 0 amide bonds. The van der Waals surface area contributed by atoms with Gasteiger partial charge >= 0.3 is 0 Å². The van der Waals surface area contributed by atoms with Crippen LogP contribution in [0.15, 0.2) is 29.3 Å². The van der Waals surface area contributed by atoms with Crippen molar-refractivity contribution in [1.29, 1.82) is 0 Å². The van der Waals surface area contributed by atoms with Crippen LogP contribution in [0.3, 0.4) is 0 Å². The van der Waals surface area contributed by atoms with Crippen LogP contribution < -0.4 is 5.32 Å². The van der Waals surface area contributed by atoms with Crippen molar-refractivity contribution in [3.63, 3.8) is 0 Å². The van der Waals surface area contributed by atoms with Crippen molar-refractivity contribution < 1.29 is 13.5 Å². The summed E-state index contributed by atoms with van der Waals surface area (Å²) in [5.74, 6) is 0.870. The van der Waals surface area contributed by atoms with Gasteiger partial charge in [0, 0.05) is 25.9 Å². The van der Waals surface area contributed by atoms with Crippen LogP contribution in [0.1, 0.15) is 24.5 Å². The standard InChI is InChI=1S/C16H25N3O3S/c1-3-17-16(19-9-8-15(20)11-19)18-10-13-4-6-14(7-5-13)12-23(2,21)22/h4-7,15,20H,3,8-12H2,1-2H3,(H,17,18)/t15-/m1/s1. The number of sulfone groups is 1. The summed E-state index contributed by atoms with van der Waals surface area (Å²) >= 11 is 0. The number of nitrogens with zero attached hydrogens (tertiary/aromatic N) is 2. The molecule has 1 heterocycles. The molecule has 128 valence electrons. The molecule has 0 aliphatic carbocycles. The van der Waals surface area contributed by atoms with E-state index in [0.29, 0.717) is 13.1 Å². The second-order valence-electron chi connectivity index (χ2n) is 5.95. The second kappa shape index (κ2) is 7.79. The van der Waals surface area contributed by atoms with Gasteiger partial charge in [-0.25, -0.2) is 13.4 Å². The van der Waals surface area contributed by atoms with Crippen molar-refractivity contribution in [3.8, 4) is 0 Å². The molecule has 2 N–H and O–H groups in total. The average Bonchev–Trinajstić information content (AvgIpc) is 2.90. The Balaban J connectivity index is 2.01. The molecule has 1 atom stereocenters. The highest BCUT2D eigenvalue weighted by atomic mass is 32.2. The Bertz CT molecular complexity index is 641. The maximum Gasteiger partial charge on any atom is 0.194 e. The van der Waals surface area contributed by atoms with Crippen LogP contribution in [0.2, 0.25) is 0 Å². The Hall–Kier alpha value is -1.60. The topological polar surface area (TPSA) is 82.0 Å². The summed E-state index contributed by atoms with van der Waals surface area (Å²) in [6.07, 6.45) is 1.72. The predicted octanol–water partition coefficient (Wildman–Crippen LogP) is 0.763. The van der Waals surface area contributed by atoms with Gasteiger partial charge in [0.25, 0.3) is 0 Å². The molecule has 1 aromatic rings. The first-order valence-corrected chi connectivity index (χ1v) is 9.90. The van der Waals surface area contributed by atoms with Crippen molar-refractivity contribution in [1.82, 2.24) is 10.2 Å². The number of benzene rings is 1. The zero-order chi connectivity index (χ0) is 16.9. The first-order chi connectivity index (χ1) is 10.9. The Morgan fingerprint density at radius 2 is 2.00 bits per heavy atom. The van der Waals surface area contributed by atoms with Gasteiger partial charge in [-0.3, -0.25) is 0 Å². The molecule has 6 nitrogen and oxygen atoms in total. The zero-order valence-electron chi connectivity index (χ0n) is 13.7. The van der Waals surface area contributed by atoms with Gasteiger partial charge in [0.2, 0.25) is 0 Å². The fourth-order valence-electron chi connectivity index (χ4n) is 2.57. The van der Waals surface area contributed by atoms with Crippen molar-refractivity contribution in [2.24, 2.45) is 4.99 Å². The molecule has 0 radical (unpaired) electrons. The molecule has 1 aromatic carbocycles. The fourth-order valence-corrected chi connectivity index (χ4v) is 3.37. The first kappa shape index (κ1) is 17.7. The van der Waals surface area contributed by atoms with E-state index >= 15 is 0 Å². The third-order valence-electron chi connectivity index (χ3n) is 3.66. The summed E-state index contributed by atoms with van der Waals surface area (Å²) in [6, 6.07) is 7.48. The van der Waals surface area contributed by atoms with Gasteiger partial charge in [0.1, 0.15) is 0 Å². The number of nitrogens with one attached hydrogen (secondary N) is 1. The molecule has 1 aliphatic heterocycles. The number of aliphatic imine (C=N–C) groups is 1. The lowest BCUT2D eigenvalue weighted by Gasteiger charge is -2.20. The van der Waals surface area contributed by atoms with Crippen molar-refractivity contribution >= 4 is 15.8 Å². The molecule has 2 rings (SSSR count). The number of aliphatic hydroxyl groups is 1. The van der Waals surface area contributed by atoms with Gasteiger partial charge < -0.3 is 15.3 Å². The number of hydrogen-bond acceptors (Lipinski definition) is 4. The highest BCUT2D eigenvalue weighted by Gasteiger charge is 2.22. The molecule has 1 saturated heterocycles. The van der Waals surface area contributed by atoms with Gasteiger partial charge in [-0.2, -0.15) is 0 Å². The van der Waals surface area contributed by atoms with Gasteiger partial charge in [-0.1, -0.05) is 24.3 Å². The van der Waals surface area contributed by atoms with Crippen LogP contribution in [-0.2, 0) is 22.1 Å². The van der Waals surface area contributed by atoms with Gasteiger partial charge in [-0.15, -0.1) is 0 Å². The molecule has 1 aliphatic rings. The lowest BCUT2D eigenvalue weighted by Crippen LogP contribution is -2.40. The molecule has 0 aromatic heterocycles. The minimum atomic E-state index is -3.01. The molecular formula is C16H25N3O3S. The average molecular weight is 339 g/mol. The van der Waals surface area contributed by atoms with Gasteiger partial charge in [0.05, 0.1) is 18.4 Å². The molecule has 0 unspecified atom stereocenters. The van der Waals surface area contributed by atoms with Crippen LogP contribution in [0.5, 0.6) is 0 Å². The SMILES string of the molecule is CCNC(=NCc1ccc(CS(C)(=O)=O)cc1)N1CC[C@@H](O)C1. The van der Waals surface area contributed by atoms with Gasteiger partial charge in [0.15, 0.2) is 15.8 Å². The molecule has 1 fully saturated rings. The molecule has 7 heteroatoms. The minimum absolute atomic E-state index is 0.0604. The van der Waals surface area contributed by atoms with Crippen molar-refractivity contribution in [3.05, 3.63) is 35.4 Å². The van der Waals surface area contributed by atoms with E-state index in [1.54, 1.807) is 0 Å². The third-order valence-corrected chi connectivity index (χ3v) is 4.52. The summed E-state index contributed by atoms with van der Waals surface area (Å²) in [5.41, 5.74) is 1.81. The van der Waals surface area contributed by atoms with Crippen molar-refractivity contribution in [2.45, 2.75) is 31.7 Å². The monoisotopic (exact) mass is 339 g/mol. The molecule has 0 bridgehead atoms. The third kappa shape index (κ3) is 5.84.